The number of carbonyl (C=O) groups is 1. The van der Waals surface area contributed by atoms with Crippen molar-refractivity contribution in [1.82, 2.24) is 5.32 Å². The summed E-state index contributed by atoms with van der Waals surface area (Å²) in [4.78, 5) is 13.1. The summed E-state index contributed by atoms with van der Waals surface area (Å²) < 4.78 is 27.0. The van der Waals surface area contributed by atoms with Gasteiger partial charge in [-0.25, -0.2) is 8.78 Å². The van der Waals surface area contributed by atoms with Crippen LogP contribution in [0.2, 0.25) is 0 Å². The predicted octanol–water partition coefficient (Wildman–Crippen LogP) is 4.76. The van der Waals surface area contributed by atoms with Gasteiger partial charge in [-0.05, 0) is 91.4 Å². The van der Waals surface area contributed by atoms with Gasteiger partial charge in [0.05, 0.1) is 5.41 Å². The van der Waals surface area contributed by atoms with Crippen molar-refractivity contribution < 1.29 is 13.6 Å². The summed E-state index contributed by atoms with van der Waals surface area (Å²) in [6, 6.07) is 18.1. The van der Waals surface area contributed by atoms with E-state index in [4.69, 9.17) is 11.5 Å². The van der Waals surface area contributed by atoms with E-state index in [2.05, 4.69) is 5.32 Å². The summed E-state index contributed by atoms with van der Waals surface area (Å²) in [7, 11) is 0. The Hall–Kier alpha value is -3.09. The Morgan fingerprint density at radius 3 is 1.82 bits per heavy atom. The molecule has 5 N–H and O–H groups in total. The number of nitrogens with one attached hydrogen (secondary N) is 1. The molecule has 0 spiro atoms. The summed E-state index contributed by atoms with van der Waals surface area (Å²) in [6.07, 6.45) is 1.55. The second kappa shape index (κ2) is 10.7. The van der Waals surface area contributed by atoms with E-state index in [0.717, 1.165) is 40.7 Å². The highest BCUT2D eigenvalue weighted by Gasteiger charge is 2.31. The van der Waals surface area contributed by atoms with Crippen LogP contribution in [0.3, 0.4) is 0 Å². The highest BCUT2D eigenvalue weighted by Crippen LogP contribution is 2.34. The second-order valence-electron chi connectivity index (χ2n) is 8.84. The smallest absolute Gasteiger partial charge is 0.230 e. The number of rotatable bonds is 9. The van der Waals surface area contributed by atoms with Crippen LogP contribution in [-0.2, 0) is 10.2 Å². The van der Waals surface area contributed by atoms with Gasteiger partial charge in [-0.15, -0.1) is 0 Å². The summed E-state index contributed by atoms with van der Waals surface area (Å²) in [5.74, 6) is -0.786. The number of hydrogen-bond donors (Lipinski definition) is 3. The van der Waals surface area contributed by atoms with Crippen LogP contribution >= 0.6 is 0 Å². The molecule has 0 saturated heterocycles. The van der Waals surface area contributed by atoms with Crippen LogP contribution in [0.25, 0.3) is 22.3 Å². The lowest BCUT2D eigenvalue weighted by molar-refractivity contribution is -0.125. The van der Waals surface area contributed by atoms with E-state index >= 15 is 0 Å². The average Bonchev–Trinajstić information content (AvgIpc) is 2.81. The maximum atomic E-state index is 13.5. The van der Waals surface area contributed by atoms with Gasteiger partial charge >= 0.3 is 0 Å². The Bertz CT molecular complexity index is 1020. The van der Waals surface area contributed by atoms with E-state index in [0.29, 0.717) is 13.1 Å². The molecule has 0 fully saturated rings. The quantitative estimate of drug-likeness (QED) is 0.439. The second-order valence-corrected chi connectivity index (χ2v) is 8.84. The molecule has 0 bridgehead atoms. The minimum Gasteiger partial charge on any atom is -0.354 e. The highest BCUT2D eigenvalue weighted by molar-refractivity contribution is 5.89. The molecule has 3 aromatic rings. The molecule has 3 rings (SSSR count). The Kier molecular flexibility index (Phi) is 7.95. The molecule has 174 valence electrons. The maximum Gasteiger partial charge on any atom is 0.230 e. The summed E-state index contributed by atoms with van der Waals surface area (Å²) >= 11 is 0. The first-order valence-electron chi connectivity index (χ1n) is 11.1. The monoisotopic (exact) mass is 451 g/mol. The van der Waals surface area contributed by atoms with E-state index < -0.39 is 5.41 Å². The Morgan fingerprint density at radius 1 is 0.879 bits per heavy atom. The van der Waals surface area contributed by atoms with Crippen molar-refractivity contribution in [2.45, 2.75) is 38.1 Å². The minimum absolute atomic E-state index is 0.146. The van der Waals surface area contributed by atoms with Gasteiger partial charge in [-0.2, -0.15) is 0 Å². The Labute approximate surface area is 194 Å². The van der Waals surface area contributed by atoms with Crippen molar-refractivity contribution in [2.75, 3.05) is 13.1 Å². The lowest BCUT2D eigenvalue weighted by atomic mass is 9.80. The topological polar surface area (TPSA) is 81.1 Å². The van der Waals surface area contributed by atoms with Crippen LogP contribution in [0.1, 0.15) is 32.3 Å². The van der Waals surface area contributed by atoms with Crippen LogP contribution in [0.4, 0.5) is 8.78 Å². The standard InChI is InChI=1S/C27H31F2N3O/c1-27(2,26(33)32-17-25(31)4-3-13-30)22-15-20(18-5-9-23(28)10-6-18)14-21(16-22)19-7-11-24(29)12-8-19/h5-12,14-16,25H,3-4,13,17,30-31H2,1-2H3,(H,32,33)/t25-/m0/s1. The first-order chi connectivity index (χ1) is 15.7. The van der Waals surface area contributed by atoms with Gasteiger partial charge in [-0.3, -0.25) is 4.79 Å². The maximum absolute atomic E-state index is 13.5. The third kappa shape index (κ3) is 6.24. The molecule has 0 aliphatic carbocycles. The van der Waals surface area contributed by atoms with Crippen molar-refractivity contribution in [1.29, 1.82) is 0 Å². The van der Waals surface area contributed by atoms with Gasteiger partial charge in [0.2, 0.25) is 5.91 Å². The predicted molar refractivity (Wildman–Crippen MR) is 130 cm³/mol. The summed E-state index contributed by atoms with van der Waals surface area (Å²) in [6.45, 7) is 4.64. The fourth-order valence-electron chi connectivity index (χ4n) is 3.66. The van der Waals surface area contributed by atoms with Gasteiger partial charge in [0.1, 0.15) is 11.6 Å². The molecule has 33 heavy (non-hydrogen) atoms. The zero-order valence-electron chi connectivity index (χ0n) is 19.1. The lowest BCUT2D eigenvalue weighted by Crippen LogP contribution is -2.45. The van der Waals surface area contributed by atoms with Crippen LogP contribution in [0.5, 0.6) is 0 Å². The van der Waals surface area contributed by atoms with Crippen LogP contribution in [0.15, 0.2) is 66.7 Å². The van der Waals surface area contributed by atoms with Gasteiger partial charge in [-0.1, -0.05) is 36.4 Å². The molecular weight excluding hydrogens is 420 g/mol. The van der Waals surface area contributed by atoms with E-state index in [9.17, 15) is 13.6 Å². The van der Waals surface area contributed by atoms with Crippen molar-refractivity contribution in [3.63, 3.8) is 0 Å². The van der Waals surface area contributed by atoms with E-state index in [1.54, 1.807) is 24.3 Å². The molecule has 0 radical (unpaired) electrons. The molecule has 1 atom stereocenters. The first-order valence-corrected chi connectivity index (χ1v) is 11.1. The molecule has 0 unspecified atom stereocenters. The molecular formula is C27H31F2N3O. The molecule has 0 aromatic heterocycles. The minimum atomic E-state index is -0.863. The third-order valence-electron chi connectivity index (χ3n) is 5.88. The number of nitrogens with two attached hydrogens (primary N) is 2. The molecule has 1 amide bonds. The highest BCUT2D eigenvalue weighted by atomic mass is 19.1. The molecule has 0 saturated carbocycles. The van der Waals surface area contributed by atoms with Crippen LogP contribution in [-0.4, -0.2) is 25.0 Å². The SMILES string of the molecule is CC(C)(C(=O)NC[C@@H](N)CCCN)c1cc(-c2ccc(F)cc2)cc(-c2ccc(F)cc2)c1. The normalized spacial score (nSPS) is 12.4. The molecule has 3 aromatic carbocycles. The van der Waals surface area contributed by atoms with E-state index in [-0.39, 0.29) is 23.6 Å². The van der Waals surface area contributed by atoms with Crippen molar-refractivity contribution in [3.05, 3.63) is 83.9 Å². The number of halogens is 2. The fourth-order valence-corrected chi connectivity index (χ4v) is 3.66. The van der Waals surface area contributed by atoms with Gasteiger partial charge in [0.15, 0.2) is 0 Å². The summed E-state index contributed by atoms with van der Waals surface area (Å²) in [5.41, 5.74) is 14.9. The van der Waals surface area contributed by atoms with Crippen molar-refractivity contribution in [2.24, 2.45) is 11.5 Å². The van der Waals surface area contributed by atoms with Crippen LogP contribution < -0.4 is 16.8 Å². The van der Waals surface area contributed by atoms with Gasteiger partial charge < -0.3 is 16.8 Å². The molecule has 4 nitrogen and oxygen atoms in total. The molecule has 0 aliphatic heterocycles. The largest absolute Gasteiger partial charge is 0.354 e. The van der Waals surface area contributed by atoms with Crippen molar-refractivity contribution >= 4 is 5.91 Å². The number of benzene rings is 3. The average molecular weight is 452 g/mol. The zero-order chi connectivity index (χ0) is 24.0. The zero-order valence-corrected chi connectivity index (χ0v) is 19.1. The molecule has 6 heteroatoms. The number of carbonyl (C=O) groups excluding carboxylic acids is 1. The lowest BCUT2D eigenvalue weighted by Gasteiger charge is -2.27. The Balaban J connectivity index is 1.97. The molecule has 0 heterocycles. The van der Waals surface area contributed by atoms with Gasteiger partial charge in [0, 0.05) is 12.6 Å². The first kappa shape index (κ1) is 24.6. The van der Waals surface area contributed by atoms with Gasteiger partial charge in [0.25, 0.3) is 0 Å². The van der Waals surface area contributed by atoms with E-state index in [1.165, 1.54) is 24.3 Å². The number of amides is 1. The van der Waals surface area contributed by atoms with E-state index in [1.807, 2.05) is 32.0 Å². The number of hydrogen-bond acceptors (Lipinski definition) is 3. The van der Waals surface area contributed by atoms with Crippen LogP contribution in [0, 0.1) is 11.6 Å². The van der Waals surface area contributed by atoms with Crippen molar-refractivity contribution in [3.8, 4) is 22.3 Å². The molecule has 0 aliphatic rings. The third-order valence-corrected chi connectivity index (χ3v) is 5.88. The Morgan fingerprint density at radius 2 is 1.36 bits per heavy atom. The summed E-state index contributed by atoms with van der Waals surface area (Å²) in [5, 5.41) is 2.96. The fraction of sp³-hybridized carbons (Fsp3) is 0.296.